The number of ether oxygens (including phenoxy) is 2. The van der Waals surface area contributed by atoms with Gasteiger partial charge in [-0.25, -0.2) is 0 Å². The zero-order valence-corrected chi connectivity index (χ0v) is 12.8. The van der Waals surface area contributed by atoms with E-state index in [1.165, 1.54) is 0 Å². The second-order valence-corrected chi connectivity index (χ2v) is 5.65. The average Bonchev–Trinajstić information content (AvgIpc) is 2.61. The normalized spacial score (nSPS) is 22.5. The minimum Gasteiger partial charge on any atom is -0.378 e. The molecule has 0 unspecified atom stereocenters. The lowest BCUT2D eigenvalue weighted by Gasteiger charge is -2.26. The summed E-state index contributed by atoms with van der Waals surface area (Å²) in [5.41, 5.74) is 2.05. The van der Waals surface area contributed by atoms with Crippen LogP contribution in [0.3, 0.4) is 0 Å². The zero-order valence-electron chi connectivity index (χ0n) is 12.8. The maximum Gasteiger partial charge on any atom is 0.223 e. The second-order valence-electron chi connectivity index (χ2n) is 5.65. The van der Waals surface area contributed by atoms with Crippen LogP contribution in [0, 0.1) is 0 Å². The van der Waals surface area contributed by atoms with E-state index < -0.39 is 0 Å². The monoisotopic (exact) mass is 305 g/mol. The number of carbonyl (C=O) groups is 1. The fraction of sp³-hybridized carbons (Fsp3) is 0.625. The smallest absolute Gasteiger partial charge is 0.223 e. The Morgan fingerprint density at radius 2 is 2.18 bits per heavy atom. The minimum atomic E-state index is 0.0396. The number of carbonyl (C=O) groups excluding carboxylic acids is 1. The van der Waals surface area contributed by atoms with Gasteiger partial charge in [-0.05, 0) is 18.1 Å². The number of nitrogens with one attached hydrogen (secondary N) is 1. The first-order valence-corrected chi connectivity index (χ1v) is 7.95. The Hall–Kier alpha value is -1.50. The predicted molar refractivity (Wildman–Crippen MR) is 81.5 cm³/mol. The van der Waals surface area contributed by atoms with E-state index in [1.54, 1.807) is 0 Å². The van der Waals surface area contributed by atoms with Gasteiger partial charge in [0.25, 0.3) is 0 Å². The van der Waals surface area contributed by atoms with Crippen molar-refractivity contribution < 1.29 is 14.3 Å². The first-order valence-electron chi connectivity index (χ1n) is 7.95. The van der Waals surface area contributed by atoms with Crippen molar-refractivity contribution >= 4 is 5.91 Å². The maximum atomic E-state index is 12.1. The number of amides is 1. The van der Waals surface area contributed by atoms with Crippen molar-refractivity contribution in [2.24, 2.45) is 0 Å². The summed E-state index contributed by atoms with van der Waals surface area (Å²) in [6.45, 7) is 5.15. The molecule has 3 heterocycles. The van der Waals surface area contributed by atoms with Gasteiger partial charge in [0.2, 0.25) is 5.91 Å². The number of rotatable bonds is 4. The Kier molecular flexibility index (Phi) is 5.37. The largest absolute Gasteiger partial charge is 0.378 e. The molecule has 0 aliphatic carbocycles. The Morgan fingerprint density at radius 1 is 1.32 bits per heavy atom. The van der Waals surface area contributed by atoms with Crippen LogP contribution in [-0.2, 0) is 20.7 Å². The van der Waals surface area contributed by atoms with Gasteiger partial charge in [-0.15, -0.1) is 0 Å². The summed E-state index contributed by atoms with van der Waals surface area (Å²) in [5, 5.41) is 3.30. The zero-order chi connectivity index (χ0) is 15.2. The molecule has 2 fully saturated rings. The fourth-order valence-corrected chi connectivity index (χ4v) is 2.75. The standard InChI is InChI=1S/C16H23N3O3/c20-16(19-6-9-21-10-7-19)4-2-13-1-3-14(18-11-13)15-12-17-5-8-22-15/h1,3,11,15,17H,2,4-10,12H2/t15-/m1/s1. The number of pyridine rings is 1. The number of aromatic nitrogens is 1. The van der Waals surface area contributed by atoms with E-state index in [1.807, 2.05) is 23.2 Å². The topological polar surface area (TPSA) is 63.7 Å². The van der Waals surface area contributed by atoms with E-state index in [0.29, 0.717) is 32.7 Å². The highest BCUT2D eigenvalue weighted by Gasteiger charge is 2.18. The van der Waals surface area contributed by atoms with Gasteiger partial charge < -0.3 is 19.7 Å². The number of aryl methyl sites for hydroxylation is 1. The molecule has 120 valence electrons. The van der Waals surface area contributed by atoms with Crippen LogP contribution in [0.4, 0.5) is 0 Å². The molecule has 2 aliphatic rings. The van der Waals surface area contributed by atoms with Crippen LogP contribution in [-0.4, -0.2) is 61.8 Å². The van der Waals surface area contributed by atoms with Crippen molar-refractivity contribution in [2.45, 2.75) is 18.9 Å². The lowest BCUT2D eigenvalue weighted by Crippen LogP contribution is -2.40. The SMILES string of the molecule is O=C(CCc1ccc([C@H]2CNCCO2)nc1)N1CCOCC1. The minimum absolute atomic E-state index is 0.0396. The summed E-state index contributed by atoms with van der Waals surface area (Å²) < 4.78 is 10.9. The van der Waals surface area contributed by atoms with Crippen LogP contribution in [0.2, 0.25) is 0 Å². The first kappa shape index (κ1) is 15.4. The van der Waals surface area contributed by atoms with Crippen LogP contribution in [0.5, 0.6) is 0 Å². The van der Waals surface area contributed by atoms with Crippen molar-refractivity contribution in [3.05, 3.63) is 29.6 Å². The average molecular weight is 305 g/mol. The molecule has 1 atom stereocenters. The van der Waals surface area contributed by atoms with Gasteiger partial charge in [0.05, 0.1) is 25.5 Å². The lowest BCUT2D eigenvalue weighted by atomic mass is 10.1. The van der Waals surface area contributed by atoms with E-state index in [4.69, 9.17) is 9.47 Å². The third-order valence-corrected chi connectivity index (χ3v) is 4.10. The van der Waals surface area contributed by atoms with Crippen molar-refractivity contribution in [1.29, 1.82) is 0 Å². The van der Waals surface area contributed by atoms with Gasteiger partial charge >= 0.3 is 0 Å². The summed E-state index contributed by atoms with van der Waals surface area (Å²) in [4.78, 5) is 18.5. The summed E-state index contributed by atoms with van der Waals surface area (Å²) in [6, 6.07) is 4.05. The van der Waals surface area contributed by atoms with Crippen LogP contribution < -0.4 is 5.32 Å². The molecule has 0 bridgehead atoms. The van der Waals surface area contributed by atoms with Crippen LogP contribution >= 0.6 is 0 Å². The Morgan fingerprint density at radius 3 is 2.86 bits per heavy atom. The number of nitrogens with zero attached hydrogens (tertiary/aromatic N) is 2. The number of hydrogen-bond donors (Lipinski definition) is 1. The van der Waals surface area contributed by atoms with Crippen molar-refractivity contribution in [1.82, 2.24) is 15.2 Å². The van der Waals surface area contributed by atoms with E-state index in [2.05, 4.69) is 10.3 Å². The molecule has 2 aliphatic heterocycles. The van der Waals surface area contributed by atoms with Gasteiger partial charge in [0.1, 0.15) is 6.10 Å². The lowest BCUT2D eigenvalue weighted by molar-refractivity contribution is -0.135. The Labute approximate surface area is 130 Å². The second kappa shape index (κ2) is 7.67. The van der Waals surface area contributed by atoms with Gasteiger partial charge in [-0.2, -0.15) is 0 Å². The van der Waals surface area contributed by atoms with Crippen molar-refractivity contribution in [3.63, 3.8) is 0 Å². The number of morpholine rings is 2. The van der Waals surface area contributed by atoms with E-state index >= 15 is 0 Å². The molecule has 0 aromatic carbocycles. The van der Waals surface area contributed by atoms with Gasteiger partial charge in [-0.3, -0.25) is 9.78 Å². The number of hydrogen-bond acceptors (Lipinski definition) is 5. The van der Waals surface area contributed by atoms with Crippen molar-refractivity contribution in [3.8, 4) is 0 Å². The van der Waals surface area contributed by atoms with Crippen LogP contribution in [0.15, 0.2) is 18.3 Å². The van der Waals surface area contributed by atoms with E-state index in [-0.39, 0.29) is 12.0 Å². The molecule has 6 nitrogen and oxygen atoms in total. The Bertz CT molecular complexity index is 480. The molecule has 1 amide bonds. The molecule has 0 spiro atoms. The van der Waals surface area contributed by atoms with Crippen molar-refractivity contribution in [2.75, 3.05) is 46.0 Å². The third-order valence-electron chi connectivity index (χ3n) is 4.10. The summed E-state index contributed by atoms with van der Waals surface area (Å²) in [7, 11) is 0. The van der Waals surface area contributed by atoms with Crippen LogP contribution in [0.1, 0.15) is 23.8 Å². The molecule has 1 aromatic rings. The van der Waals surface area contributed by atoms with Crippen LogP contribution in [0.25, 0.3) is 0 Å². The Balaban J connectivity index is 1.49. The molecular formula is C16H23N3O3. The summed E-state index contributed by atoms with van der Waals surface area (Å²) in [5.74, 6) is 0.201. The molecule has 3 rings (SSSR count). The molecule has 1 aromatic heterocycles. The van der Waals surface area contributed by atoms with E-state index in [9.17, 15) is 4.79 Å². The quantitative estimate of drug-likeness (QED) is 0.879. The molecule has 2 saturated heterocycles. The molecule has 1 N–H and O–H groups in total. The molecule has 22 heavy (non-hydrogen) atoms. The maximum absolute atomic E-state index is 12.1. The highest BCUT2D eigenvalue weighted by atomic mass is 16.5. The van der Waals surface area contributed by atoms with Gasteiger partial charge in [0, 0.05) is 38.8 Å². The molecule has 6 heteroatoms. The van der Waals surface area contributed by atoms with Gasteiger partial charge in [0.15, 0.2) is 0 Å². The molecule has 0 saturated carbocycles. The molecule has 0 radical (unpaired) electrons. The highest BCUT2D eigenvalue weighted by molar-refractivity contribution is 5.76. The summed E-state index contributed by atoms with van der Waals surface area (Å²) >= 11 is 0. The summed E-state index contributed by atoms with van der Waals surface area (Å²) in [6.07, 6.45) is 3.16. The van der Waals surface area contributed by atoms with Gasteiger partial charge in [-0.1, -0.05) is 6.07 Å². The molecular weight excluding hydrogens is 282 g/mol. The third kappa shape index (κ3) is 4.03. The predicted octanol–water partition coefficient (Wildman–Crippen LogP) is 0.534. The highest BCUT2D eigenvalue weighted by Crippen LogP contribution is 2.17. The fourth-order valence-electron chi connectivity index (χ4n) is 2.75. The first-order chi connectivity index (χ1) is 10.8. The van der Waals surface area contributed by atoms with E-state index in [0.717, 1.165) is 37.4 Å².